The van der Waals surface area contributed by atoms with Gasteiger partial charge in [-0.15, -0.1) is 0 Å². The normalized spacial score (nSPS) is 19.8. The lowest BCUT2D eigenvalue weighted by molar-refractivity contribution is -0.214. The summed E-state index contributed by atoms with van der Waals surface area (Å²) in [6, 6.07) is -0.0935. The lowest BCUT2D eigenvalue weighted by atomic mass is 9.74. The highest BCUT2D eigenvalue weighted by molar-refractivity contribution is 6.34. The van der Waals surface area contributed by atoms with Crippen LogP contribution in [0.4, 0.5) is 13.2 Å². The Morgan fingerprint density at radius 3 is 2.33 bits per heavy atom. The van der Waals surface area contributed by atoms with Crippen LogP contribution in [0.3, 0.4) is 0 Å². The number of Topliss-reactive ketones (excluding diaryl/α,β-unsaturated/α-hetero) is 1. The largest absolute Gasteiger partial charge is 0.466 e. The zero-order valence-electron chi connectivity index (χ0n) is 23.7. The highest BCUT2D eigenvalue weighted by Crippen LogP contribution is 2.42. The van der Waals surface area contributed by atoms with Crippen molar-refractivity contribution in [2.75, 3.05) is 19.7 Å². The van der Waals surface area contributed by atoms with Crippen molar-refractivity contribution < 1.29 is 32.3 Å². The van der Waals surface area contributed by atoms with E-state index in [1.54, 1.807) is 25.5 Å². The van der Waals surface area contributed by atoms with Gasteiger partial charge in [-0.05, 0) is 72.8 Å². The molecule has 2 aromatic rings. The minimum Gasteiger partial charge on any atom is -0.466 e. The van der Waals surface area contributed by atoms with Crippen molar-refractivity contribution in [1.29, 1.82) is 0 Å². The summed E-state index contributed by atoms with van der Waals surface area (Å²) in [7, 11) is 0. The number of pyridine rings is 1. The third kappa shape index (κ3) is 6.50. The van der Waals surface area contributed by atoms with E-state index in [1.165, 1.54) is 18.6 Å². The van der Waals surface area contributed by atoms with Gasteiger partial charge in [-0.1, -0.05) is 11.6 Å². The highest BCUT2D eigenvalue weighted by atomic mass is 35.5. The fourth-order valence-electron chi connectivity index (χ4n) is 5.07. The lowest BCUT2D eigenvalue weighted by Gasteiger charge is -2.35. The first-order chi connectivity index (χ1) is 18.5. The predicted molar refractivity (Wildman–Crippen MR) is 143 cm³/mol. The van der Waals surface area contributed by atoms with Crippen molar-refractivity contribution in [1.82, 2.24) is 19.7 Å². The lowest BCUT2D eigenvalue weighted by Crippen LogP contribution is -2.47. The van der Waals surface area contributed by atoms with Crippen LogP contribution in [0, 0.1) is 24.7 Å². The van der Waals surface area contributed by atoms with Gasteiger partial charge in [-0.3, -0.25) is 24.0 Å². The van der Waals surface area contributed by atoms with Crippen LogP contribution in [0.1, 0.15) is 91.4 Å². The maximum Gasteiger partial charge on any atom is 0.395 e. The van der Waals surface area contributed by atoms with Crippen molar-refractivity contribution in [3.05, 3.63) is 46.0 Å². The molecule has 0 radical (unpaired) electrons. The molecule has 1 fully saturated rings. The van der Waals surface area contributed by atoms with E-state index in [2.05, 4.69) is 10.1 Å². The number of ether oxygens (including phenoxy) is 1. The van der Waals surface area contributed by atoms with Crippen LogP contribution < -0.4 is 0 Å². The first-order valence-electron chi connectivity index (χ1n) is 13.2. The summed E-state index contributed by atoms with van der Waals surface area (Å²) in [5, 5.41) is 4.46. The van der Waals surface area contributed by atoms with Crippen LogP contribution in [0.2, 0.25) is 5.02 Å². The number of aryl methyl sites for hydroxylation is 1. The SMILES string of the molecule is CCOC(=O)C1(C)CCC(n2ncc(C(=O)N(CC(=O)c3c(C)cncc3Cl)CC(C)(C)C(F)(F)F)c2C)CC1. The number of rotatable bonds is 9. The van der Waals surface area contributed by atoms with Crippen molar-refractivity contribution >= 4 is 29.3 Å². The quantitative estimate of drug-likeness (QED) is 0.259. The molecule has 1 aliphatic carbocycles. The Bertz CT molecular complexity index is 1250. The zero-order chi connectivity index (χ0) is 30.0. The zero-order valence-corrected chi connectivity index (χ0v) is 24.4. The van der Waals surface area contributed by atoms with Gasteiger partial charge in [0, 0.05) is 30.2 Å². The number of amides is 1. The van der Waals surface area contributed by atoms with Gasteiger partial charge in [0.05, 0.1) is 46.8 Å². The molecule has 0 saturated heterocycles. The molecule has 0 atom stereocenters. The Labute approximate surface area is 237 Å². The number of hydrogen-bond donors (Lipinski definition) is 0. The molecular weight excluding hydrogens is 549 g/mol. The number of halogens is 4. The van der Waals surface area contributed by atoms with E-state index in [9.17, 15) is 27.6 Å². The second kappa shape index (κ2) is 11.9. The van der Waals surface area contributed by atoms with E-state index in [4.69, 9.17) is 16.3 Å². The molecular formula is C28H36ClF3N4O4. The van der Waals surface area contributed by atoms with Crippen molar-refractivity contribution in [2.24, 2.45) is 10.8 Å². The van der Waals surface area contributed by atoms with Gasteiger partial charge in [-0.2, -0.15) is 18.3 Å². The second-order valence-electron chi connectivity index (χ2n) is 11.4. The van der Waals surface area contributed by atoms with Crippen LogP contribution in [0.5, 0.6) is 0 Å². The maximum atomic E-state index is 13.8. The first kappa shape index (κ1) is 31.6. The van der Waals surface area contributed by atoms with Gasteiger partial charge in [0.2, 0.25) is 0 Å². The number of ketones is 1. The monoisotopic (exact) mass is 584 g/mol. The molecule has 0 bridgehead atoms. The number of nitrogens with zero attached hydrogens (tertiary/aromatic N) is 4. The van der Waals surface area contributed by atoms with Crippen molar-refractivity contribution in [2.45, 2.75) is 79.4 Å². The standard InChI is InChI=1S/C28H36ClF3N4O4/c1-7-40-25(39)27(6)10-8-19(9-11-27)36-18(3)20(13-34-36)24(38)35(16-26(4,5)28(30,31)32)15-22(37)23-17(2)12-33-14-21(23)29/h12-14,19H,7-11,15-16H2,1-6H3. The minimum atomic E-state index is -4.62. The summed E-state index contributed by atoms with van der Waals surface area (Å²) in [6.07, 6.45) is 1.81. The molecule has 3 rings (SSSR count). The molecule has 1 amide bonds. The number of carbonyl (C=O) groups is 3. The van der Waals surface area contributed by atoms with E-state index in [-0.39, 0.29) is 28.2 Å². The van der Waals surface area contributed by atoms with Crippen molar-refractivity contribution in [3.63, 3.8) is 0 Å². The summed E-state index contributed by atoms with van der Waals surface area (Å²) in [4.78, 5) is 44.2. The topological polar surface area (TPSA) is 94.4 Å². The van der Waals surface area contributed by atoms with Crippen LogP contribution in [-0.4, -0.2) is 63.2 Å². The van der Waals surface area contributed by atoms with Crippen LogP contribution >= 0.6 is 11.6 Å². The number of alkyl halides is 3. The number of hydrogen-bond acceptors (Lipinski definition) is 6. The van der Waals surface area contributed by atoms with Gasteiger partial charge < -0.3 is 9.64 Å². The highest BCUT2D eigenvalue weighted by Gasteiger charge is 2.49. The molecule has 0 N–H and O–H groups in total. The Morgan fingerprint density at radius 2 is 1.77 bits per heavy atom. The molecule has 2 heterocycles. The van der Waals surface area contributed by atoms with Gasteiger partial charge in [0.1, 0.15) is 0 Å². The number of esters is 1. The molecule has 0 aliphatic heterocycles. The minimum absolute atomic E-state index is 0.0589. The fraction of sp³-hybridized carbons (Fsp3) is 0.607. The Kier molecular flexibility index (Phi) is 9.38. The van der Waals surface area contributed by atoms with E-state index in [1.807, 2.05) is 6.92 Å². The summed E-state index contributed by atoms with van der Waals surface area (Å²) >= 11 is 6.17. The Balaban J connectivity index is 1.88. The molecule has 12 heteroatoms. The van der Waals surface area contributed by atoms with Gasteiger partial charge in [0.15, 0.2) is 5.78 Å². The first-order valence-corrected chi connectivity index (χ1v) is 13.6. The smallest absolute Gasteiger partial charge is 0.395 e. The summed E-state index contributed by atoms with van der Waals surface area (Å²) in [6.45, 7) is 7.87. The maximum absolute atomic E-state index is 13.8. The summed E-state index contributed by atoms with van der Waals surface area (Å²) in [5.41, 5.74) is -1.73. The number of aromatic nitrogens is 3. The molecule has 0 unspecified atom stereocenters. The molecule has 0 spiro atoms. The predicted octanol–water partition coefficient (Wildman–Crippen LogP) is 6.15. The molecule has 0 aromatic carbocycles. The third-order valence-corrected chi connectivity index (χ3v) is 8.08. The second-order valence-corrected chi connectivity index (χ2v) is 11.8. The van der Waals surface area contributed by atoms with Crippen LogP contribution in [0.15, 0.2) is 18.6 Å². The van der Waals surface area contributed by atoms with Crippen molar-refractivity contribution in [3.8, 4) is 0 Å². The van der Waals surface area contributed by atoms with E-state index in [0.717, 1.165) is 18.7 Å². The Hall–Kier alpha value is -2.95. The average molecular weight is 585 g/mol. The molecule has 40 heavy (non-hydrogen) atoms. The van der Waals surface area contributed by atoms with Crippen LogP contribution in [0.25, 0.3) is 0 Å². The van der Waals surface area contributed by atoms with Crippen LogP contribution in [-0.2, 0) is 9.53 Å². The van der Waals surface area contributed by atoms with Gasteiger partial charge in [0.25, 0.3) is 5.91 Å². The van der Waals surface area contributed by atoms with Gasteiger partial charge in [-0.25, -0.2) is 0 Å². The van der Waals surface area contributed by atoms with E-state index >= 15 is 0 Å². The third-order valence-electron chi connectivity index (χ3n) is 7.79. The van der Waals surface area contributed by atoms with E-state index < -0.39 is 41.8 Å². The molecule has 8 nitrogen and oxygen atoms in total. The average Bonchev–Trinajstić information content (AvgIpc) is 3.24. The Morgan fingerprint density at radius 1 is 1.15 bits per heavy atom. The molecule has 220 valence electrons. The molecule has 1 aliphatic rings. The molecule has 2 aromatic heterocycles. The fourth-order valence-corrected chi connectivity index (χ4v) is 5.38. The number of carbonyl (C=O) groups excluding carboxylic acids is 3. The summed E-state index contributed by atoms with van der Waals surface area (Å²) < 4.78 is 48.4. The van der Waals surface area contributed by atoms with E-state index in [0.29, 0.717) is 43.5 Å². The van der Waals surface area contributed by atoms with Gasteiger partial charge >= 0.3 is 12.1 Å². The summed E-state index contributed by atoms with van der Waals surface area (Å²) in [5.74, 6) is -1.56. The molecule has 1 saturated carbocycles.